The fourth-order valence-corrected chi connectivity index (χ4v) is 3.08. The van der Waals surface area contributed by atoms with Crippen LogP contribution in [-0.2, 0) is 16.2 Å². The van der Waals surface area contributed by atoms with Crippen LogP contribution >= 0.6 is 0 Å². The molecule has 28 heavy (non-hydrogen) atoms. The second kappa shape index (κ2) is 6.91. The van der Waals surface area contributed by atoms with Crippen LogP contribution in [0.5, 0.6) is 5.75 Å². The van der Waals surface area contributed by atoms with Gasteiger partial charge in [-0.15, -0.1) is 0 Å². The lowest BCUT2D eigenvalue weighted by atomic mass is 10.0. The van der Waals surface area contributed by atoms with Gasteiger partial charge in [0, 0.05) is 5.56 Å². The molecule has 1 heterocycles. The summed E-state index contributed by atoms with van der Waals surface area (Å²) in [6, 6.07) is 9.12. The van der Waals surface area contributed by atoms with Crippen molar-refractivity contribution in [3.63, 3.8) is 0 Å². The lowest BCUT2D eigenvalue weighted by Crippen LogP contribution is -2.13. The number of oxazole rings is 1. The highest BCUT2D eigenvalue weighted by atomic mass is 32.2. The molecule has 0 amide bonds. The maximum atomic E-state index is 14.4. The van der Waals surface area contributed by atoms with E-state index in [2.05, 4.69) is 4.98 Å². The molecule has 2 N–H and O–H groups in total. The van der Waals surface area contributed by atoms with Crippen molar-refractivity contribution in [1.82, 2.24) is 4.98 Å². The molecule has 0 unspecified atom stereocenters. The van der Waals surface area contributed by atoms with Gasteiger partial charge in [0.2, 0.25) is 10.0 Å². The Labute approximate surface area is 156 Å². The highest BCUT2D eigenvalue weighted by Crippen LogP contribution is 2.42. The molecule has 6 nitrogen and oxygen atoms in total. The summed E-state index contributed by atoms with van der Waals surface area (Å²) in [5.41, 5.74) is -0.589. The van der Waals surface area contributed by atoms with Gasteiger partial charge < -0.3 is 9.15 Å². The molecule has 0 aliphatic heterocycles. The van der Waals surface area contributed by atoms with E-state index < -0.39 is 44.2 Å². The van der Waals surface area contributed by atoms with E-state index in [1.807, 2.05) is 0 Å². The predicted octanol–water partition coefficient (Wildman–Crippen LogP) is 3.82. The number of primary sulfonamides is 1. The molecule has 0 spiro atoms. The summed E-state index contributed by atoms with van der Waals surface area (Å²) in [5.74, 6) is -3.56. The molecule has 0 saturated heterocycles. The van der Waals surface area contributed by atoms with Crippen LogP contribution in [0, 0.1) is 5.82 Å². The van der Waals surface area contributed by atoms with Gasteiger partial charge in [0.05, 0.1) is 17.6 Å². The third-order valence-corrected chi connectivity index (χ3v) is 4.60. The van der Waals surface area contributed by atoms with E-state index in [1.54, 1.807) is 18.2 Å². The van der Waals surface area contributed by atoms with Crippen molar-refractivity contribution in [2.24, 2.45) is 5.14 Å². The van der Waals surface area contributed by atoms with E-state index in [0.717, 1.165) is 13.2 Å². The molecule has 3 rings (SSSR count). The normalized spacial score (nSPS) is 12.2. The highest BCUT2D eigenvalue weighted by molar-refractivity contribution is 7.89. The lowest BCUT2D eigenvalue weighted by molar-refractivity contribution is -0.156. The number of hydrogen-bond acceptors (Lipinski definition) is 5. The maximum absolute atomic E-state index is 14.4. The summed E-state index contributed by atoms with van der Waals surface area (Å²) >= 11 is 0. The number of halogens is 4. The number of hydrogen-bond donors (Lipinski definition) is 1. The van der Waals surface area contributed by atoms with Crippen LogP contribution in [0.25, 0.3) is 22.6 Å². The van der Waals surface area contributed by atoms with Gasteiger partial charge in [0.1, 0.15) is 5.69 Å². The first kappa shape index (κ1) is 19.8. The second-order valence-electron chi connectivity index (χ2n) is 5.59. The smallest absolute Gasteiger partial charge is 0.468 e. The van der Waals surface area contributed by atoms with E-state index >= 15 is 0 Å². The van der Waals surface area contributed by atoms with E-state index in [-0.39, 0.29) is 16.9 Å². The highest BCUT2D eigenvalue weighted by Gasteiger charge is 2.39. The van der Waals surface area contributed by atoms with Crippen LogP contribution in [0.15, 0.2) is 51.8 Å². The van der Waals surface area contributed by atoms with Crippen molar-refractivity contribution in [1.29, 1.82) is 0 Å². The van der Waals surface area contributed by atoms with Gasteiger partial charge in [-0.1, -0.05) is 30.3 Å². The SMILES string of the molecule is COc1c(F)cc(S(N)(=O)=O)cc1-c1nc(C(F)(F)F)oc1-c1ccccc1. The Morgan fingerprint density at radius 3 is 2.32 bits per heavy atom. The summed E-state index contributed by atoms with van der Waals surface area (Å²) in [4.78, 5) is 2.77. The zero-order valence-electron chi connectivity index (χ0n) is 14.1. The summed E-state index contributed by atoms with van der Waals surface area (Å²) in [5, 5.41) is 5.03. The fraction of sp³-hybridized carbons (Fsp3) is 0.118. The van der Waals surface area contributed by atoms with Gasteiger partial charge >= 0.3 is 12.1 Å². The van der Waals surface area contributed by atoms with Crippen LogP contribution in [0.4, 0.5) is 17.6 Å². The topological polar surface area (TPSA) is 95.4 Å². The number of nitrogens with zero attached hydrogens (tertiary/aromatic N) is 1. The average Bonchev–Trinajstić information content (AvgIpc) is 3.06. The minimum absolute atomic E-state index is 0.212. The Morgan fingerprint density at radius 2 is 1.79 bits per heavy atom. The summed E-state index contributed by atoms with van der Waals surface area (Å²) < 4.78 is 86.9. The molecule has 0 bridgehead atoms. The third kappa shape index (κ3) is 3.71. The average molecular weight is 416 g/mol. The molecule has 11 heteroatoms. The van der Waals surface area contributed by atoms with Gasteiger partial charge in [-0.05, 0) is 12.1 Å². The van der Waals surface area contributed by atoms with Gasteiger partial charge in [0.25, 0.3) is 0 Å². The molecule has 0 radical (unpaired) electrons. The Hall–Kier alpha value is -2.92. The van der Waals surface area contributed by atoms with E-state index in [0.29, 0.717) is 6.07 Å². The van der Waals surface area contributed by atoms with Crippen LogP contribution in [0.2, 0.25) is 0 Å². The van der Waals surface area contributed by atoms with Crippen LogP contribution < -0.4 is 9.88 Å². The molecule has 0 atom stereocenters. The van der Waals surface area contributed by atoms with E-state index in [1.165, 1.54) is 12.1 Å². The van der Waals surface area contributed by atoms with Crippen molar-refractivity contribution < 1.29 is 35.1 Å². The lowest BCUT2D eigenvalue weighted by Gasteiger charge is -2.11. The molecule has 0 aliphatic rings. The zero-order chi connectivity index (χ0) is 20.7. The van der Waals surface area contributed by atoms with Crippen LogP contribution in [0.1, 0.15) is 5.89 Å². The number of sulfonamides is 1. The zero-order valence-corrected chi connectivity index (χ0v) is 14.9. The van der Waals surface area contributed by atoms with Gasteiger partial charge in [-0.2, -0.15) is 13.2 Å². The monoisotopic (exact) mass is 416 g/mol. The van der Waals surface area contributed by atoms with Crippen LogP contribution in [0.3, 0.4) is 0 Å². The molecule has 0 aliphatic carbocycles. The molecule has 0 saturated carbocycles. The predicted molar refractivity (Wildman–Crippen MR) is 90.3 cm³/mol. The van der Waals surface area contributed by atoms with Crippen molar-refractivity contribution in [2.75, 3.05) is 7.11 Å². The van der Waals surface area contributed by atoms with Gasteiger partial charge in [-0.25, -0.2) is 22.9 Å². The number of nitrogens with two attached hydrogens (primary N) is 1. The first-order chi connectivity index (χ1) is 13.0. The molecule has 148 valence electrons. The molecule has 2 aromatic carbocycles. The Morgan fingerprint density at radius 1 is 1.14 bits per heavy atom. The van der Waals surface area contributed by atoms with Crippen molar-refractivity contribution in [2.45, 2.75) is 11.1 Å². The summed E-state index contributed by atoms with van der Waals surface area (Å²) in [6.45, 7) is 0. The Bertz CT molecular complexity index is 1130. The number of rotatable bonds is 4. The minimum Gasteiger partial charge on any atom is -0.493 e. The van der Waals surface area contributed by atoms with Gasteiger partial charge in [0.15, 0.2) is 17.3 Å². The largest absolute Gasteiger partial charge is 0.493 e. The Kier molecular flexibility index (Phi) is 4.90. The number of ether oxygens (including phenoxy) is 1. The van der Waals surface area contributed by atoms with Crippen LogP contribution in [-0.4, -0.2) is 20.5 Å². The fourth-order valence-electron chi connectivity index (χ4n) is 2.53. The number of alkyl halides is 3. The quantitative estimate of drug-likeness (QED) is 0.653. The summed E-state index contributed by atoms with van der Waals surface area (Å²) in [7, 11) is -3.28. The number of methoxy groups -OCH3 is 1. The molecule has 1 aromatic heterocycles. The van der Waals surface area contributed by atoms with Gasteiger partial charge in [-0.3, -0.25) is 0 Å². The molecule has 0 fully saturated rings. The van der Waals surface area contributed by atoms with Crippen molar-refractivity contribution >= 4 is 10.0 Å². The number of benzene rings is 2. The standard InChI is InChI=1S/C17H12F4N2O4S/c1-26-15-11(7-10(8-12(15)18)28(22,24)25)13-14(9-5-3-2-4-6-9)27-16(23-13)17(19,20)21/h2-8H,1H3,(H2,22,24,25). The van der Waals surface area contributed by atoms with Crippen molar-refractivity contribution in [3.05, 3.63) is 54.2 Å². The van der Waals surface area contributed by atoms with E-state index in [4.69, 9.17) is 14.3 Å². The first-order valence-corrected chi connectivity index (χ1v) is 9.11. The second-order valence-corrected chi connectivity index (χ2v) is 7.15. The Balaban J connectivity index is 2.38. The molecule has 3 aromatic rings. The third-order valence-electron chi connectivity index (χ3n) is 3.71. The first-order valence-electron chi connectivity index (χ1n) is 7.56. The molecular weight excluding hydrogens is 404 g/mol. The van der Waals surface area contributed by atoms with Crippen molar-refractivity contribution in [3.8, 4) is 28.3 Å². The number of aromatic nitrogens is 1. The minimum atomic E-state index is -4.93. The maximum Gasteiger partial charge on any atom is 0.468 e. The van der Waals surface area contributed by atoms with E-state index in [9.17, 15) is 26.0 Å². The molecular formula is C17H12F4N2O4S. The summed E-state index contributed by atoms with van der Waals surface area (Å²) in [6.07, 6.45) is -4.93.